The molecule has 0 saturated carbocycles. The number of hydrogen-bond donors (Lipinski definition) is 0. The maximum atomic E-state index is 12.9. The van der Waals surface area contributed by atoms with Gasteiger partial charge in [-0.3, -0.25) is 0 Å². The van der Waals surface area contributed by atoms with E-state index in [1.165, 1.54) is 22.5 Å². The van der Waals surface area contributed by atoms with Crippen molar-refractivity contribution < 1.29 is 22.4 Å². The zero-order valence-corrected chi connectivity index (χ0v) is 16.4. The second-order valence-electron chi connectivity index (χ2n) is 6.67. The summed E-state index contributed by atoms with van der Waals surface area (Å²) in [4.78, 5) is 16.6. The molecule has 27 heavy (non-hydrogen) atoms. The van der Waals surface area contributed by atoms with Crippen molar-refractivity contribution >= 4 is 16.0 Å². The lowest BCUT2D eigenvalue weighted by Gasteiger charge is -2.20. The molecule has 0 bridgehead atoms. The zero-order valence-electron chi connectivity index (χ0n) is 15.6. The maximum Gasteiger partial charge on any atom is 0.338 e. The van der Waals surface area contributed by atoms with Gasteiger partial charge in [-0.15, -0.1) is 0 Å². The molecular weight excluding hydrogens is 368 g/mol. The van der Waals surface area contributed by atoms with Gasteiger partial charge in [0, 0.05) is 13.1 Å². The van der Waals surface area contributed by atoms with Crippen molar-refractivity contribution in [2.24, 2.45) is 0 Å². The summed E-state index contributed by atoms with van der Waals surface area (Å²) in [7, 11) is -3.62. The van der Waals surface area contributed by atoms with Crippen molar-refractivity contribution in [3.05, 3.63) is 47.2 Å². The lowest BCUT2D eigenvalue weighted by molar-refractivity contribution is 0.0436. The molecule has 1 aromatic heterocycles. The smallest absolute Gasteiger partial charge is 0.338 e. The first-order chi connectivity index (χ1) is 12.9. The normalized spacial score (nSPS) is 16.1. The molecule has 0 N–H and O–H groups in total. The molecule has 8 heteroatoms. The Morgan fingerprint density at radius 1 is 1.19 bits per heavy atom. The highest BCUT2D eigenvalue weighted by atomic mass is 32.2. The molecule has 1 fully saturated rings. The number of sulfonamides is 1. The number of rotatable bonds is 5. The Morgan fingerprint density at radius 2 is 1.89 bits per heavy atom. The number of ether oxygens (including phenoxy) is 1. The second-order valence-corrected chi connectivity index (χ2v) is 8.61. The van der Waals surface area contributed by atoms with E-state index in [0.717, 1.165) is 31.4 Å². The number of benzene rings is 1. The number of carbonyl (C=O) groups excluding carboxylic acids is 1. The first-order valence-corrected chi connectivity index (χ1v) is 10.5. The van der Waals surface area contributed by atoms with E-state index in [2.05, 4.69) is 4.98 Å². The molecule has 1 aliphatic rings. The standard InChI is InChI=1S/C19H24N2O5S/c1-14-15(2)26-18(20-14)13-25-19(22)16-8-7-9-17(12-16)27(23,24)21-10-5-3-4-6-11-21/h7-9,12H,3-6,10-11,13H2,1-2H3. The van der Waals surface area contributed by atoms with E-state index in [1.807, 2.05) is 0 Å². The summed E-state index contributed by atoms with van der Waals surface area (Å²) < 4.78 is 37.9. The van der Waals surface area contributed by atoms with Gasteiger partial charge in [0.1, 0.15) is 5.76 Å². The van der Waals surface area contributed by atoms with Gasteiger partial charge in [-0.1, -0.05) is 18.9 Å². The molecule has 1 aliphatic heterocycles. The maximum absolute atomic E-state index is 12.9. The fourth-order valence-electron chi connectivity index (χ4n) is 3.03. The van der Waals surface area contributed by atoms with Crippen molar-refractivity contribution in [2.45, 2.75) is 51.0 Å². The third-order valence-corrected chi connectivity index (χ3v) is 6.57. The zero-order chi connectivity index (χ0) is 19.4. The number of oxazole rings is 1. The Bertz CT molecular complexity index is 892. The van der Waals surface area contributed by atoms with Crippen LogP contribution in [0.1, 0.15) is 53.4 Å². The predicted octanol–water partition coefficient (Wildman–Crippen LogP) is 3.21. The predicted molar refractivity (Wildman–Crippen MR) is 98.8 cm³/mol. The van der Waals surface area contributed by atoms with Crippen LogP contribution in [-0.2, 0) is 21.4 Å². The van der Waals surface area contributed by atoms with Crippen LogP contribution in [0.3, 0.4) is 0 Å². The van der Waals surface area contributed by atoms with Crippen LogP contribution in [0.5, 0.6) is 0 Å². The Kier molecular flexibility index (Phi) is 5.96. The van der Waals surface area contributed by atoms with Gasteiger partial charge in [0.05, 0.1) is 16.2 Å². The largest absolute Gasteiger partial charge is 0.452 e. The van der Waals surface area contributed by atoms with Crippen molar-refractivity contribution in [3.8, 4) is 0 Å². The molecule has 0 unspecified atom stereocenters. The number of carbonyl (C=O) groups is 1. The average Bonchev–Trinajstić information content (AvgIpc) is 2.85. The monoisotopic (exact) mass is 392 g/mol. The lowest BCUT2D eigenvalue weighted by atomic mass is 10.2. The van der Waals surface area contributed by atoms with Crippen molar-refractivity contribution in [2.75, 3.05) is 13.1 Å². The van der Waals surface area contributed by atoms with E-state index < -0.39 is 16.0 Å². The van der Waals surface area contributed by atoms with Gasteiger partial charge in [-0.25, -0.2) is 18.2 Å². The molecular formula is C19H24N2O5S. The van der Waals surface area contributed by atoms with Gasteiger partial charge in [-0.05, 0) is 44.9 Å². The molecule has 3 rings (SSSR count). The van der Waals surface area contributed by atoms with Crippen molar-refractivity contribution in [1.82, 2.24) is 9.29 Å². The highest BCUT2D eigenvalue weighted by Gasteiger charge is 2.26. The van der Waals surface area contributed by atoms with Gasteiger partial charge in [0.15, 0.2) is 6.61 Å². The topological polar surface area (TPSA) is 89.7 Å². The minimum absolute atomic E-state index is 0.101. The molecule has 0 aliphatic carbocycles. The third kappa shape index (κ3) is 4.56. The summed E-state index contributed by atoms with van der Waals surface area (Å²) in [5, 5.41) is 0. The van der Waals surface area contributed by atoms with Crippen LogP contribution >= 0.6 is 0 Å². The number of hydrogen-bond acceptors (Lipinski definition) is 6. The first kappa shape index (κ1) is 19.6. The average molecular weight is 392 g/mol. The van der Waals surface area contributed by atoms with Crippen molar-refractivity contribution in [1.29, 1.82) is 0 Å². The molecule has 146 valence electrons. The molecule has 7 nitrogen and oxygen atoms in total. The lowest BCUT2D eigenvalue weighted by Crippen LogP contribution is -2.32. The molecule has 1 saturated heterocycles. The fourth-order valence-corrected chi connectivity index (χ4v) is 4.59. The fraction of sp³-hybridized carbons (Fsp3) is 0.474. The van der Waals surface area contributed by atoms with E-state index in [-0.39, 0.29) is 17.1 Å². The number of esters is 1. The molecule has 0 spiro atoms. The number of aryl methyl sites for hydroxylation is 2. The van der Waals surface area contributed by atoms with E-state index in [0.29, 0.717) is 24.7 Å². The third-order valence-electron chi connectivity index (χ3n) is 4.67. The molecule has 2 heterocycles. The van der Waals surface area contributed by atoms with Gasteiger partial charge >= 0.3 is 5.97 Å². The van der Waals surface area contributed by atoms with Crippen LogP contribution in [0.25, 0.3) is 0 Å². The van der Waals surface area contributed by atoms with Crippen LogP contribution in [0, 0.1) is 13.8 Å². The summed E-state index contributed by atoms with van der Waals surface area (Å²) in [6.07, 6.45) is 3.79. The Morgan fingerprint density at radius 3 is 2.52 bits per heavy atom. The minimum Gasteiger partial charge on any atom is -0.452 e. The van der Waals surface area contributed by atoms with Gasteiger partial charge in [-0.2, -0.15) is 4.31 Å². The minimum atomic E-state index is -3.62. The van der Waals surface area contributed by atoms with Crippen LogP contribution in [0.2, 0.25) is 0 Å². The van der Waals surface area contributed by atoms with E-state index in [4.69, 9.17) is 9.15 Å². The molecule has 2 aromatic rings. The summed E-state index contributed by atoms with van der Waals surface area (Å²) >= 11 is 0. The van der Waals surface area contributed by atoms with Gasteiger partial charge in [0.2, 0.25) is 15.9 Å². The SMILES string of the molecule is Cc1nc(COC(=O)c2cccc(S(=O)(=O)N3CCCCCC3)c2)oc1C. The Labute approximate surface area is 159 Å². The second kappa shape index (κ2) is 8.22. The molecule has 0 atom stereocenters. The van der Waals surface area contributed by atoms with Gasteiger partial charge in [0.25, 0.3) is 0 Å². The summed E-state index contributed by atoms with van der Waals surface area (Å²) in [5.41, 5.74) is 0.928. The number of aromatic nitrogens is 1. The van der Waals surface area contributed by atoms with Crippen molar-refractivity contribution in [3.63, 3.8) is 0 Å². The molecule has 0 amide bonds. The van der Waals surface area contributed by atoms with Gasteiger partial charge < -0.3 is 9.15 Å². The first-order valence-electron chi connectivity index (χ1n) is 9.08. The summed E-state index contributed by atoms with van der Waals surface area (Å²) in [6, 6.07) is 5.98. The Hall–Kier alpha value is -2.19. The summed E-state index contributed by atoms with van der Waals surface area (Å²) in [6.45, 7) is 4.52. The quantitative estimate of drug-likeness (QED) is 0.726. The van der Waals surface area contributed by atoms with Crippen LogP contribution < -0.4 is 0 Å². The van der Waals surface area contributed by atoms with Crippen LogP contribution in [-0.4, -0.2) is 36.8 Å². The van der Waals surface area contributed by atoms with E-state index >= 15 is 0 Å². The van der Waals surface area contributed by atoms with Crippen LogP contribution in [0.15, 0.2) is 33.6 Å². The molecule has 0 radical (unpaired) electrons. The molecule has 1 aromatic carbocycles. The van der Waals surface area contributed by atoms with E-state index in [9.17, 15) is 13.2 Å². The van der Waals surface area contributed by atoms with E-state index in [1.54, 1.807) is 19.9 Å². The number of nitrogens with zero attached hydrogens (tertiary/aromatic N) is 2. The van der Waals surface area contributed by atoms with Crippen LogP contribution in [0.4, 0.5) is 0 Å². The highest BCUT2D eigenvalue weighted by Crippen LogP contribution is 2.21. The highest BCUT2D eigenvalue weighted by molar-refractivity contribution is 7.89. The summed E-state index contributed by atoms with van der Waals surface area (Å²) in [5.74, 6) is 0.370. The Balaban J connectivity index is 1.73.